The van der Waals surface area contributed by atoms with E-state index >= 15 is 0 Å². The zero-order valence-corrected chi connectivity index (χ0v) is 10.3. The Hall–Kier alpha value is -2.62. The van der Waals surface area contributed by atoms with Crippen molar-refractivity contribution < 1.29 is 19.8 Å². The molecule has 96 valence electrons. The summed E-state index contributed by atoms with van der Waals surface area (Å²) >= 11 is 0. The number of carbonyl (C=O) groups excluding carboxylic acids is 1. The number of phenolic OH excluding ortho intramolecular Hbond substituents is 1. The fraction of sp³-hybridized carbons (Fsp3) is 0.0667. The first kappa shape index (κ1) is 12.8. The molecule has 2 aromatic carbocycles. The van der Waals surface area contributed by atoms with E-state index in [4.69, 9.17) is 5.11 Å². The summed E-state index contributed by atoms with van der Waals surface area (Å²) in [4.78, 5) is 23.2. The summed E-state index contributed by atoms with van der Waals surface area (Å²) in [5.74, 6) is -1.71. The average molecular weight is 256 g/mol. The number of benzene rings is 2. The number of ketones is 1. The highest BCUT2D eigenvalue weighted by atomic mass is 16.4. The van der Waals surface area contributed by atoms with Crippen LogP contribution in [0, 0.1) is 6.92 Å². The maximum Gasteiger partial charge on any atom is 0.335 e. The van der Waals surface area contributed by atoms with Crippen molar-refractivity contribution in [3.05, 3.63) is 64.7 Å². The molecule has 2 aromatic rings. The van der Waals surface area contributed by atoms with Gasteiger partial charge >= 0.3 is 5.97 Å². The molecule has 2 N–H and O–H groups in total. The fourth-order valence-corrected chi connectivity index (χ4v) is 1.82. The van der Waals surface area contributed by atoms with Crippen LogP contribution in [0.4, 0.5) is 0 Å². The van der Waals surface area contributed by atoms with Crippen LogP contribution in [0.15, 0.2) is 42.5 Å². The van der Waals surface area contributed by atoms with Gasteiger partial charge < -0.3 is 10.2 Å². The predicted molar refractivity (Wildman–Crippen MR) is 69.7 cm³/mol. The Bertz CT molecular complexity index is 645. The molecule has 0 unspecified atom stereocenters. The minimum absolute atomic E-state index is 0.00333. The van der Waals surface area contributed by atoms with Crippen LogP contribution < -0.4 is 0 Å². The van der Waals surface area contributed by atoms with E-state index in [1.54, 1.807) is 37.3 Å². The smallest absolute Gasteiger partial charge is 0.335 e. The molecule has 0 spiro atoms. The van der Waals surface area contributed by atoms with E-state index in [2.05, 4.69) is 0 Å². The second kappa shape index (κ2) is 4.94. The first-order valence-electron chi connectivity index (χ1n) is 5.67. The molecule has 0 aliphatic carbocycles. The Balaban J connectivity index is 2.56. The number of aromatic hydroxyl groups is 1. The standard InChI is InChI=1S/C15H12O4/c1-9-7-11(15(18)19)8-12(13(9)16)14(17)10-5-3-2-4-6-10/h2-8,16H,1H3,(H,18,19). The van der Waals surface area contributed by atoms with Crippen molar-refractivity contribution in [2.24, 2.45) is 0 Å². The Morgan fingerprint density at radius 2 is 1.63 bits per heavy atom. The highest BCUT2D eigenvalue weighted by Gasteiger charge is 2.18. The van der Waals surface area contributed by atoms with Crippen molar-refractivity contribution >= 4 is 11.8 Å². The molecule has 0 fully saturated rings. The molecular formula is C15H12O4. The van der Waals surface area contributed by atoms with Crippen LogP contribution in [-0.2, 0) is 0 Å². The van der Waals surface area contributed by atoms with Gasteiger partial charge in [0.15, 0.2) is 5.78 Å². The van der Waals surface area contributed by atoms with Crippen LogP contribution in [0.2, 0.25) is 0 Å². The third kappa shape index (κ3) is 2.47. The fourth-order valence-electron chi connectivity index (χ4n) is 1.82. The van der Waals surface area contributed by atoms with Gasteiger partial charge in [-0.25, -0.2) is 4.79 Å². The van der Waals surface area contributed by atoms with Gasteiger partial charge in [-0.3, -0.25) is 4.79 Å². The van der Waals surface area contributed by atoms with Crippen molar-refractivity contribution in [1.82, 2.24) is 0 Å². The normalized spacial score (nSPS) is 10.2. The summed E-state index contributed by atoms with van der Waals surface area (Å²) < 4.78 is 0. The number of carboxylic acids is 1. The molecule has 0 radical (unpaired) electrons. The number of carboxylic acid groups (broad SMARTS) is 1. The zero-order chi connectivity index (χ0) is 14.0. The zero-order valence-electron chi connectivity index (χ0n) is 10.3. The Labute approximate surface area is 109 Å². The van der Waals surface area contributed by atoms with E-state index in [0.29, 0.717) is 11.1 Å². The van der Waals surface area contributed by atoms with Gasteiger partial charge in [0.05, 0.1) is 11.1 Å². The van der Waals surface area contributed by atoms with Gasteiger partial charge in [-0.05, 0) is 24.6 Å². The first-order valence-corrected chi connectivity index (χ1v) is 5.67. The predicted octanol–water partition coefficient (Wildman–Crippen LogP) is 2.63. The number of aryl methyl sites for hydroxylation is 1. The molecule has 0 amide bonds. The lowest BCUT2D eigenvalue weighted by atomic mass is 9.97. The summed E-state index contributed by atoms with van der Waals surface area (Å²) in [6.45, 7) is 1.56. The van der Waals surface area contributed by atoms with Crippen LogP contribution in [0.5, 0.6) is 5.75 Å². The Morgan fingerprint density at radius 1 is 1.00 bits per heavy atom. The van der Waals surface area contributed by atoms with Crippen LogP contribution >= 0.6 is 0 Å². The van der Waals surface area contributed by atoms with E-state index in [0.717, 1.165) is 0 Å². The van der Waals surface area contributed by atoms with Crippen molar-refractivity contribution in [3.63, 3.8) is 0 Å². The molecule has 0 atom stereocenters. The Morgan fingerprint density at radius 3 is 2.21 bits per heavy atom. The molecule has 0 saturated carbocycles. The lowest BCUT2D eigenvalue weighted by molar-refractivity contribution is 0.0696. The molecule has 0 heterocycles. The van der Waals surface area contributed by atoms with Gasteiger partial charge in [0.2, 0.25) is 0 Å². The molecular weight excluding hydrogens is 244 g/mol. The number of carbonyl (C=O) groups is 2. The molecule has 2 rings (SSSR count). The molecule has 0 aliphatic heterocycles. The maximum absolute atomic E-state index is 12.2. The number of hydrogen-bond acceptors (Lipinski definition) is 3. The SMILES string of the molecule is Cc1cc(C(=O)O)cc(C(=O)c2ccccc2)c1O. The number of aromatic carboxylic acids is 1. The summed E-state index contributed by atoms with van der Waals surface area (Å²) in [5.41, 5.74) is 0.747. The van der Waals surface area contributed by atoms with Crippen LogP contribution in [0.1, 0.15) is 31.8 Å². The number of phenols is 1. The van der Waals surface area contributed by atoms with Gasteiger partial charge in [0, 0.05) is 5.56 Å². The molecule has 0 aromatic heterocycles. The molecule has 0 saturated heterocycles. The van der Waals surface area contributed by atoms with Crippen LogP contribution in [0.25, 0.3) is 0 Å². The third-order valence-electron chi connectivity index (χ3n) is 2.83. The third-order valence-corrected chi connectivity index (χ3v) is 2.83. The molecule has 4 nitrogen and oxygen atoms in total. The average Bonchev–Trinajstić information content (AvgIpc) is 2.41. The van der Waals surface area contributed by atoms with Crippen molar-refractivity contribution in [3.8, 4) is 5.75 Å². The minimum Gasteiger partial charge on any atom is -0.507 e. The van der Waals surface area contributed by atoms with Gasteiger partial charge in [-0.15, -0.1) is 0 Å². The monoisotopic (exact) mass is 256 g/mol. The van der Waals surface area contributed by atoms with Gasteiger partial charge in [0.25, 0.3) is 0 Å². The largest absolute Gasteiger partial charge is 0.507 e. The van der Waals surface area contributed by atoms with E-state index < -0.39 is 11.8 Å². The van der Waals surface area contributed by atoms with Crippen molar-refractivity contribution in [1.29, 1.82) is 0 Å². The second-order valence-corrected chi connectivity index (χ2v) is 4.19. The maximum atomic E-state index is 12.2. The van der Waals surface area contributed by atoms with Crippen LogP contribution in [-0.4, -0.2) is 22.0 Å². The first-order chi connectivity index (χ1) is 9.00. The molecule has 19 heavy (non-hydrogen) atoms. The summed E-state index contributed by atoms with van der Waals surface area (Å²) in [5, 5.41) is 18.9. The van der Waals surface area contributed by atoms with Crippen molar-refractivity contribution in [2.45, 2.75) is 6.92 Å². The van der Waals surface area contributed by atoms with E-state index in [9.17, 15) is 14.7 Å². The second-order valence-electron chi connectivity index (χ2n) is 4.19. The minimum atomic E-state index is -1.13. The molecule has 0 aliphatic rings. The van der Waals surface area contributed by atoms with Gasteiger partial charge in [-0.1, -0.05) is 30.3 Å². The highest BCUT2D eigenvalue weighted by Crippen LogP contribution is 2.26. The van der Waals surface area contributed by atoms with E-state index in [1.165, 1.54) is 12.1 Å². The molecule has 0 bridgehead atoms. The number of rotatable bonds is 3. The quantitative estimate of drug-likeness (QED) is 0.828. The summed E-state index contributed by atoms with van der Waals surface area (Å²) in [6, 6.07) is 10.9. The highest BCUT2D eigenvalue weighted by molar-refractivity contribution is 6.11. The lowest BCUT2D eigenvalue weighted by Gasteiger charge is -2.08. The lowest BCUT2D eigenvalue weighted by Crippen LogP contribution is -2.06. The Kier molecular flexibility index (Phi) is 3.33. The topological polar surface area (TPSA) is 74.6 Å². The summed E-state index contributed by atoms with van der Waals surface area (Å²) in [7, 11) is 0. The van der Waals surface area contributed by atoms with E-state index in [1.807, 2.05) is 0 Å². The summed E-state index contributed by atoms with van der Waals surface area (Å²) in [6.07, 6.45) is 0. The van der Waals surface area contributed by atoms with Gasteiger partial charge in [0.1, 0.15) is 5.75 Å². The van der Waals surface area contributed by atoms with Gasteiger partial charge in [-0.2, -0.15) is 0 Å². The number of hydrogen-bond donors (Lipinski definition) is 2. The van der Waals surface area contributed by atoms with Crippen molar-refractivity contribution in [2.75, 3.05) is 0 Å². The van der Waals surface area contributed by atoms with E-state index in [-0.39, 0.29) is 16.9 Å². The molecule has 4 heteroatoms. The van der Waals surface area contributed by atoms with Crippen LogP contribution in [0.3, 0.4) is 0 Å².